The van der Waals surface area contributed by atoms with Gasteiger partial charge in [-0.3, -0.25) is 0 Å². The third-order valence-electron chi connectivity index (χ3n) is 3.03. The van der Waals surface area contributed by atoms with Gasteiger partial charge in [0.2, 0.25) is 0 Å². The predicted molar refractivity (Wildman–Crippen MR) is 80.8 cm³/mol. The van der Waals surface area contributed by atoms with Gasteiger partial charge in [-0.1, -0.05) is 30.3 Å². The molecule has 1 aromatic rings. The van der Waals surface area contributed by atoms with E-state index in [0.717, 1.165) is 31.7 Å². The maximum Gasteiger partial charge on any atom is 0.0897 e. The average molecular weight is 281 g/mol. The van der Waals surface area contributed by atoms with Gasteiger partial charge < -0.3 is 19.9 Å². The zero-order valence-electron chi connectivity index (χ0n) is 12.5. The fourth-order valence-electron chi connectivity index (χ4n) is 1.85. The molecule has 1 aromatic carbocycles. The van der Waals surface area contributed by atoms with Crippen molar-refractivity contribution in [1.29, 1.82) is 0 Å². The van der Waals surface area contributed by atoms with E-state index >= 15 is 0 Å². The van der Waals surface area contributed by atoms with E-state index in [-0.39, 0.29) is 6.10 Å². The van der Waals surface area contributed by atoms with E-state index in [4.69, 9.17) is 9.47 Å². The van der Waals surface area contributed by atoms with Crippen molar-refractivity contribution in [2.75, 3.05) is 32.9 Å². The molecule has 114 valence electrons. The van der Waals surface area contributed by atoms with Crippen molar-refractivity contribution in [3.05, 3.63) is 35.9 Å². The molecule has 2 N–H and O–H groups in total. The minimum absolute atomic E-state index is 0.00352. The lowest BCUT2D eigenvalue weighted by molar-refractivity contribution is -0.00211. The van der Waals surface area contributed by atoms with Gasteiger partial charge in [0.25, 0.3) is 0 Å². The first-order chi connectivity index (χ1) is 9.74. The molecule has 0 spiro atoms. The molecule has 0 aliphatic heterocycles. The molecule has 1 rings (SSSR count). The van der Waals surface area contributed by atoms with E-state index in [9.17, 15) is 5.11 Å². The largest absolute Gasteiger partial charge is 0.389 e. The van der Waals surface area contributed by atoms with Crippen LogP contribution in [0.5, 0.6) is 0 Å². The summed E-state index contributed by atoms with van der Waals surface area (Å²) in [5.41, 5.74) is 1.13. The van der Waals surface area contributed by atoms with E-state index in [1.54, 1.807) is 0 Å². The quantitative estimate of drug-likeness (QED) is 0.610. The molecule has 0 heterocycles. The number of hydrogen-bond acceptors (Lipinski definition) is 4. The Kier molecular flexibility index (Phi) is 9.24. The third-order valence-corrected chi connectivity index (χ3v) is 3.03. The van der Waals surface area contributed by atoms with E-state index in [1.807, 2.05) is 44.2 Å². The Bertz CT molecular complexity index is 332. The van der Waals surface area contributed by atoms with Crippen LogP contribution in [0.25, 0.3) is 0 Å². The molecule has 0 aliphatic carbocycles. The van der Waals surface area contributed by atoms with Gasteiger partial charge in [0.05, 0.1) is 18.8 Å². The van der Waals surface area contributed by atoms with Crippen molar-refractivity contribution < 1.29 is 14.6 Å². The minimum Gasteiger partial charge on any atom is -0.389 e. The van der Waals surface area contributed by atoms with Gasteiger partial charge in [0.15, 0.2) is 0 Å². The SMILES string of the molecule is CCOCCCNCC(O)COC(C)c1ccccc1. The maximum absolute atomic E-state index is 9.83. The van der Waals surface area contributed by atoms with Crippen molar-refractivity contribution in [2.24, 2.45) is 0 Å². The summed E-state index contributed by atoms with van der Waals surface area (Å²) in [5.74, 6) is 0. The molecule has 0 bridgehead atoms. The molecular formula is C16H27NO3. The van der Waals surface area contributed by atoms with Crippen molar-refractivity contribution >= 4 is 0 Å². The summed E-state index contributed by atoms with van der Waals surface area (Å²) in [6, 6.07) is 10.0. The standard InChI is InChI=1S/C16H27NO3/c1-3-19-11-7-10-17-12-16(18)13-20-14(2)15-8-5-4-6-9-15/h4-6,8-9,14,16-18H,3,7,10-13H2,1-2H3. The zero-order chi connectivity index (χ0) is 14.6. The van der Waals surface area contributed by atoms with Crippen LogP contribution in [0.2, 0.25) is 0 Å². The maximum atomic E-state index is 9.83. The molecule has 20 heavy (non-hydrogen) atoms. The molecule has 0 aromatic heterocycles. The first kappa shape index (κ1) is 17.1. The summed E-state index contributed by atoms with van der Waals surface area (Å²) in [5, 5.41) is 13.0. The second-order valence-electron chi connectivity index (χ2n) is 4.79. The zero-order valence-corrected chi connectivity index (χ0v) is 12.5. The number of benzene rings is 1. The fourth-order valence-corrected chi connectivity index (χ4v) is 1.85. The Morgan fingerprint density at radius 1 is 1.25 bits per heavy atom. The molecule has 0 aliphatic rings. The number of aliphatic hydroxyl groups is 1. The average Bonchev–Trinajstić information content (AvgIpc) is 2.49. The summed E-state index contributed by atoms with van der Waals surface area (Å²) < 4.78 is 10.9. The summed E-state index contributed by atoms with van der Waals surface area (Å²) in [6.45, 7) is 7.25. The third kappa shape index (κ3) is 7.60. The van der Waals surface area contributed by atoms with Gasteiger partial charge >= 0.3 is 0 Å². The number of aliphatic hydroxyl groups excluding tert-OH is 1. The molecule has 0 saturated carbocycles. The van der Waals surface area contributed by atoms with Crippen LogP contribution >= 0.6 is 0 Å². The van der Waals surface area contributed by atoms with Gasteiger partial charge in [0, 0.05) is 19.8 Å². The van der Waals surface area contributed by atoms with Crippen LogP contribution in [0, 0.1) is 0 Å². The van der Waals surface area contributed by atoms with E-state index in [1.165, 1.54) is 0 Å². The molecule has 2 atom stereocenters. The smallest absolute Gasteiger partial charge is 0.0897 e. The highest BCUT2D eigenvalue weighted by Gasteiger charge is 2.09. The van der Waals surface area contributed by atoms with Crippen LogP contribution in [0.4, 0.5) is 0 Å². The summed E-state index contributed by atoms with van der Waals surface area (Å²) in [4.78, 5) is 0. The molecule has 0 radical (unpaired) electrons. The lowest BCUT2D eigenvalue weighted by Crippen LogP contribution is -2.31. The van der Waals surface area contributed by atoms with Gasteiger partial charge in [-0.15, -0.1) is 0 Å². The van der Waals surface area contributed by atoms with E-state index in [0.29, 0.717) is 13.2 Å². The Morgan fingerprint density at radius 3 is 2.70 bits per heavy atom. The van der Waals surface area contributed by atoms with Crippen LogP contribution < -0.4 is 5.32 Å². The predicted octanol–water partition coefficient (Wildman–Crippen LogP) is 2.14. The van der Waals surface area contributed by atoms with Crippen LogP contribution in [0.3, 0.4) is 0 Å². The molecule has 4 nitrogen and oxygen atoms in total. The van der Waals surface area contributed by atoms with Crippen LogP contribution in [-0.2, 0) is 9.47 Å². The highest BCUT2D eigenvalue weighted by Crippen LogP contribution is 2.15. The first-order valence-corrected chi connectivity index (χ1v) is 7.37. The second-order valence-corrected chi connectivity index (χ2v) is 4.79. The van der Waals surface area contributed by atoms with Gasteiger partial charge in [-0.05, 0) is 32.4 Å². The molecule has 0 fully saturated rings. The summed E-state index contributed by atoms with van der Waals surface area (Å²) >= 11 is 0. The van der Waals surface area contributed by atoms with Crippen LogP contribution in [0.15, 0.2) is 30.3 Å². The van der Waals surface area contributed by atoms with Gasteiger partial charge in [-0.25, -0.2) is 0 Å². The second kappa shape index (κ2) is 10.8. The Morgan fingerprint density at radius 2 is 2.00 bits per heavy atom. The van der Waals surface area contributed by atoms with Crippen molar-refractivity contribution in [3.63, 3.8) is 0 Å². The van der Waals surface area contributed by atoms with Crippen molar-refractivity contribution in [2.45, 2.75) is 32.5 Å². The molecular weight excluding hydrogens is 254 g/mol. The number of ether oxygens (including phenoxy) is 2. The molecule has 0 amide bonds. The Labute approximate surface area is 122 Å². The van der Waals surface area contributed by atoms with Gasteiger partial charge in [0.1, 0.15) is 0 Å². The summed E-state index contributed by atoms with van der Waals surface area (Å²) in [6.07, 6.45) is 0.485. The number of nitrogens with one attached hydrogen (secondary N) is 1. The molecule has 4 heteroatoms. The van der Waals surface area contributed by atoms with Crippen LogP contribution in [0.1, 0.15) is 31.9 Å². The first-order valence-electron chi connectivity index (χ1n) is 7.37. The Balaban J connectivity index is 2.06. The number of rotatable bonds is 11. The topological polar surface area (TPSA) is 50.7 Å². The lowest BCUT2D eigenvalue weighted by atomic mass is 10.1. The minimum atomic E-state index is -0.478. The van der Waals surface area contributed by atoms with E-state index < -0.39 is 6.10 Å². The highest BCUT2D eigenvalue weighted by atomic mass is 16.5. The lowest BCUT2D eigenvalue weighted by Gasteiger charge is -2.17. The normalized spacial score (nSPS) is 14.2. The van der Waals surface area contributed by atoms with Crippen molar-refractivity contribution in [1.82, 2.24) is 5.32 Å². The summed E-state index contributed by atoms with van der Waals surface area (Å²) in [7, 11) is 0. The fraction of sp³-hybridized carbons (Fsp3) is 0.625. The Hall–Kier alpha value is -0.940. The molecule has 0 saturated heterocycles. The van der Waals surface area contributed by atoms with E-state index in [2.05, 4.69) is 5.32 Å². The molecule has 2 unspecified atom stereocenters. The van der Waals surface area contributed by atoms with Gasteiger partial charge in [-0.2, -0.15) is 0 Å². The van der Waals surface area contributed by atoms with Crippen LogP contribution in [-0.4, -0.2) is 44.1 Å². The van der Waals surface area contributed by atoms with Crippen molar-refractivity contribution in [3.8, 4) is 0 Å². The monoisotopic (exact) mass is 281 g/mol. The number of hydrogen-bond donors (Lipinski definition) is 2. The highest BCUT2D eigenvalue weighted by molar-refractivity contribution is 5.16.